The lowest BCUT2D eigenvalue weighted by Crippen LogP contribution is -2.26. The predicted octanol–water partition coefficient (Wildman–Crippen LogP) is 3.33. The molecule has 0 aromatic heterocycles. The van der Waals surface area contributed by atoms with Crippen molar-refractivity contribution in [1.82, 2.24) is 0 Å². The maximum Gasteiger partial charge on any atom is 0.303 e. The minimum absolute atomic E-state index is 0.189. The van der Waals surface area contributed by atoms with Gasteiger partial charge in [-0.3, -0.25) is 0 Å². The Morgan fingerprint density at radius 1 is 1.38 bits per heavy atom. The molecule has 0 heterocycles. The second-order valence-corrected chi connectivity index (χ2v) is 2.79. The molecule has 0 aliphatic carbocycles. The minimum Gasteiger partial charge on any atom is -0.240 e. The van der Waals surface area contributed by atoms with Gasteiger partial charge in [0.25, 0.3) is 0 Å². The van der Waals surface area contributed by atoms with Crippen LogP contribution in [-0.2, 0) is 5.92 Å². The molecule has 0 N–H and O–H groups in total. The van der Waals surface area contributed by atoms with Gasteiger partial charge in [0.2, 0.25) is 0 Å². The molecule has 1 rings (SSSR count). The van der Waals surface area contributed by atoms with E-state index in [4.69, 9.17) is 0 Å². The highest BCUT2D eigenvalue weighted by Gasteiger charge is 2.40. The normalized spacial score (nSPS) is 14.2. The lowest BCUT2D eigenvalue weighted by molar-refractivity contribution is -0.0798. The first-order valence-electron chi connectivity index (χ1n) is 4.07. The van der Waals surface area contributed by atoms with Crippen LogP contribution >= 0.6 is 0 Å². The first kappa shape index (κ1) is 10.1. The van der Waals surface area contributed by atoms with Crippen LogP contribution in [-0.4, -0.2) is 6.17 Å². The van der Waals surface area contributed by atoms with Crippen LogP contribution in [0.4, 0.5) is 13.2 Å². The second-order valence-electron chi connectivity index (χ2n) is 2.79. The van der Waals surface area contributed by atoms with Crippen molar-refractivity contribution in [2.24, 2.45) is 0 Å². The zero-order valence-electron chi connectivity index (χ0n) is 7.23. The van der Waals surface area contributed by atoms with Gasteiger partial charge in [0, 0.05) is 5.56 Å². The highest BCUT2D eigenvalue weighted by molar-refractivity contribution is 5.20. The van der Waals surface area contributed by atoms with E-state index in [0.29, 0.717) is 0 Å². The number of benzene rings is 1. The fourth-order valence-corrected chi connectivity index (χ4v) is 1.05. The number of hydrogen-bond acceptors (Lipinski definition) is 0. The predicted molar refractivity (Wildman–Crippen MR) is 44.4 cm³/mol. The highest BCUT2D eigenvalue weighted by atomic mass is 19.3. The SMILES string of the molecule is CCC(F)C(F)(F)c1cc[c]cc1. The second kappa shape index (κ2) is 3.81. The lowest BCUT2D eigenvalue weighted by Gasteiger charge is -2.19. The molecule has 0 aliphatic heterocycles. The van der Waals surface area contributed by atoms with Gasteiger partial charge in [-0.15, -0.1) is 0 Å². The third-order valence-corrected chi connectivity index (χ3v) is 1.85. The first-order chi connectivity index (χ1) is 6.09. The maximum absolute atomic E-state index is 13.2. The quantitative estimate of drug-likeness (QED) is 0.680. The summed E-state index contributed by atoms with van der Waals surface area (Å²) >= 11 is 0. The van der Waals surface area contributed by atoms with E-state index in [-0.39, 0.29) is 12.0 Å². The molecule has 71 valence electrons. The van der Waals surface area contributed by atoms with E-state index < -0.39 is 12.1 Å². The standard InChI is InChI=1S/C10H10F3/c1-2-9(11)10(12,13)8-6-4-3-5-7-8/h4-7,9H,2H2,1H3. The Bertz CT molecular complexity index is 256. The summed E-state index contributed by atoms with van der Waals surface area (Å²) < 4.78 is 39.2. The van der Waals surface area contributed by atoms with Crippen molar-refractivity contribution in [3.63, 3.8) is 0 Å². The lowest BCUT2D eigenvalue weighted by atomic mass is 10.0. The monoisotopic (exact) mass is 187 g/mol. The Labute approximate surface area is 75.4 Å². The van der Waals surface area contributed by atoms with Crippen molar-refractivity contribution in [3.8, 4) is 0 Å². The first-order valence-corrected chi connectivity index (χ1v) is 4.07. The Morgan fingerprint density at radius 2 is 1.92 bits per heavy atom. The summed E-state index contributed by atoms with van der Waals surface area (Å²) in [4.78, 5) is 0. The molecular weight excluding hydrogens is 177 g/mol. The maximum atomic E-state index is 13.2. The Morgan fingerprint density at radius 3 is 2.38 bits per heavy atom. The molecule has 3 heteroatoms. The van der Waals surface area contributed by atoms with Gasteiger partial charge in [0.05, 0.1) is 0 Å². The Hall–Kier alpha value is -0.990. The molecule has 1 aromatic rings. The van der Waals surface area contributed by atoms with Gasteiger partial charge in [0.1, 0.15) is 0 Å². The smallest absolute Gasteiger partial charge is 0.240 e. The van der Waals surface area contributed by atoms with Crippen molar-refractivity contribution >= 4 is 0 Å². The molecule has 0 fully saturated rings. The van der Waals surface area contributed by atoms with E-state index in [0.717, 1.165) is 0 Å². The van der Waals surface area contributed by atoms with Crippen molar-refractivity contribution in [2.75, 3.05) is 0 Å². The third-order valence-electron chi connectivity index (χ3n) is 1.85. The van der Waals surface area contributed by atoms with Crippen LogP contribution < -0.4 is 0 Å². The van der Waals surface area contributed by atoms with Crippen LogP contribution in [0.3, 0.4) is 0 Å². The largest absolute Gasteiger partial charge is 0.303 e. The van der Waals surface area contributed by atoms with E-state index in [1.807, 2.05) is 0 Å². The van der Waals surface area contributed by atoms with Gasteiger partial charge >= 0.3 is 5.92 Å². The average molecular weight is 187 g/mol. The summed E-state index contributed by atoms with van der Waals surface area (Å²) in [6, 6.07) is 7.68. The van der Waals surface area contributed by atoms with Crippen LogP contribution in [0.15, 0.2) is 24.3 Å². The van der Waals surface area contributed by atoms with Crippen LogP contribution in [0.5, 0.6) is 0 Å². The zero-order chi connectivity index (χ0) is 9.90. The van der Waals surface area contributed by atoms with E-state index >= 15 is 0 Å². The summed E-state index contributed by atoms with van der Waals surface area (Å²) in [5.74, 6) is -3.39. The molecule has 0 saturated carbocycles. The fraction of sp³-hybridized carbons (Fsp3) is 0.400. The average Bonchev–Trinajstić information content (AvgIpc) is 2.18. The molecule has 0 aliphatic rings. The molecule has 0 amide bonds. The van der Waals surface area contributed by atoms with Gasteiger partial charge in [0.15, 0.2) is 6.17 Å². The Kier molecular flexibility index (Phi) is 2.96. The van der Waals surface area contributed by atoms with Crippen molar-refractivity contribution < 1.29 is 13.2 Å². The fourth-order valence-electron chi connectivity index (χ4n) is 1.05. The van der Waals surface area contributed by atoms with Gasteiger partial charge in [-0.1, -0.05) is 31.2 Å². The van der Waals surface area contributed by atoms with Crippen LogP contribution in [0.1, 0.15) is 18.9 Å². The molecule has 0 bridgehead atoms. The number of halogens is 3. The van der Waals surface area contributed by atoms with Crippen molar-refractivity contribution in [2.45, 2.75) is 25.4 Å². The van der Waals surface area contributed by atoms with Crippen LogP contribution in [0.2, 0.25) is 0 Å². The van der Waals surface area contributed by atoms with Gasteiger partial charge in [-0.25, -0.2) is 4.39 Å². The van der Waals surface area contributed by atoms with E-state index in [9.17, 15) is 13.2 Å². The summed E-state index contributed by atoms with van der Waals surface area (Å²) in [5, 5.41) is 0. The molecule has 1 aromatic carbocycles. The molecular formula is C10H10F3. The molecule has 0 saturated heterocycles. The van der Waals surface area contributed by atoms with E-state index in [1.54, 1.807) is 0 Å². The topological polar surface area (TPSA) is 0 Å². The van der Waals surface area contributed by atoms with Gasteiger partial charge < -0.3 is 0 Å². The number of hydrogen-bond donors (Lipinski definition) is 0. The summed E-state index contributed by atoms with van der Waals surface area (Å²) in [7, 11) is 0. The molecule has 1 atom stereocenters. The minimum atomic E-state index is -3.39. The van der Waals surface area contributed by atoms with Gasteiger partial charge in [-0.05, 0) is 12.5 Å². The highest BCUT2D eigenvalue weighted by Crippen LogP contribution is 2.34. The Balaban J connectivity index is 2.93. The van der Waals surface area contributed by atoms with Crippen molar-refractivity contribution in [3.05, 3.63) is 35.9 Å². The zero-order valence-corrected chi connectivity index (χ0v) is 7.23. The third kappa shape index (κ3) is 2.02. The molecule has 0 nitrogen and oxygen atoms in total. The summed E-state index contributed by atoms with van der Waals surface area (Å²) in [5.41, 5.74) is -0.291. The molecule has 0 spiro atoms. The van der Waals surface area contributed by atoms with Crippen LogP contribution in [0.25, 0.3) is 0 Å². The van der Waals surface area contributed by atoms with E-state index in [1.165, 1.54) is 31.2 Å². The van der Waals surface area contributed by atoms with E-state index in [2.05, 4.69) is 6.07 Å². The number of alkyl halides is 3. The number of rotatable bonds is 3. The summed E-state index contributed by atoms with van der Waals surface area (Å²) in [6.45, 7) is 1.40. The van der Waals surface area contributed by atoms with Gasteiger partial charge in [-0.2, -0.15) is 8.78 Å². The summed E-state index contributed by atoms with van der Waals surface area (Å²) in [6.07, 6.45) is -2.30. The molecule has 13 heavy (non-hydrogen) atoms. The van der Waals surface area contributed by atoms with Crippen molar-refractivity contribution in [1.29, 1.82) is 0 Å². The molecule has 1 unspecified atom stereocenters. The molecule has 1 radical (unpaired) electrons. The van der Waals surface area contributed by atoms with Crippen LogP contribution in [0, 0.1) is 6.07 Å².